The molecule has 0 amide bonds. The van der Waals surface area contributed by atoms with Crippen LogP contribution in [0.2, 0.25) is 0 Å². The molecule has 134 valence electrons. The van der Waals surface area contributed by atoms with Crippen molar-refractivity contribution in [2.24, 2.45) is 0 Å². The molecule has 0 heterocycles. The first-order chi connectivity index (χ1) is 13.0. The largest absolute Gasteiger partial charge is 0.478 e. The van der Waals surface area contributed by atoms with Crippen LogP contribution >= 0.6 is 0 Å². The van der Waals surface area contributed by atoms with E-state index in [2.05, 4.69) is 5.32 Å². The lowest BCUT2D eigenvalue weighted by atomic mass is 10.0. The Balaban J connectivity index is 1.66. The smallest absolute Gasteiger partial charge is 0.335 e. The van der Waals surface area contributed by atoms with E-state index in [0.29, 0.717) is 5.56 Å². The average Bonchev–Trinajstić information content (AvgIpc) is 2.69. The maximum absolute atomic E-state index is 12.3. The van der Waals surface area contributed by atoms with Gasteiger partial charge in [-0.1, -0.05) is 54.6 Å². The van der Waals surface area contributed by atoms with Crippen molar-refractivity contribution in [2.45, 2.75) is 6.92 Å². The molecular formula is C23H19NO3. The number of anilines is 1. The Hall–Kier alpha value is -3.66. The predicted octanol–water partition coefficient (Wildman–Crippen LogP) is 5.17. The minimum absolute atomic E-state index is 0.109. The van der Waals surface area contributed by atoms with Crippen LogP contribution in [-0.4, -0.2) is 16.9 Å². The third-order valence-corrected chi connectivity index (χ3v) is 4.22. The minimum atomic E-state index is -0.964. The molecule has 0 aliphatic carbocycles. The van der Waals surface area contributed by atoms with E-state index in [1.54, 1.807) is 18.3 Å². The zero-order valence-electron chi connectivity index (χ0n) is 14.8. The number of ketones is 1. The highest BCUT2D eigenvalue weighted by molar-refractivity contribution is 6.04. The van der Waals surface area contributed by atoms with Gasteiger partial charge in [-0.3, -0.25) is 4.79 Å². The molecule has 0 saturated heterocycles. The van der Waals surface area contributed by atoms with Crippen LogP contribution in [0.15, 0.2) is 85.1 Å². The lowest BCUT2D eigenvalue weighted by Crippen LogP contribution is -2.00. The van der Waals surface area contributed by atoms with E-state index in [-0.39, 0.29) is 11.3 Å². The van der Waals surface area contributed by atoms with Crippen molar-refractivity contribution in [3.05, 3.63) is 102 Å². The zero-order chi connectivity index (χ0) is 19.2. The average molecular weight is 357 g/mol. The van der Waals surface area contributed by atoms with Crippen molar-refractivity contribution in [3.63, 3.8) is 0 Å². The highest BCUT2D eigenvalue weighted by atomic mass is 16.4. The molecule has 0 aliphatic rings. The van der Waals surface area contributed by atoms with Crippen molar-refractivity contribution in [2.75, 3.05) is 5.32 Å². The topological polar surface area (TPSA) is 66.4 Å². The van der Waals surface area contributed by atoms with Gasteiger partial charge in [0.2, 0.25) is 0 Å². The lowest BCUT2D eigenvalue weighted by Gasteiger charge is -2.06. The van der Waals surface area contributed by atoms with Crippen LogP contribution in [0.25, 0.3) is 11.1 Å². The molecule has 0 aliphatic heterocycles. The van der Waals surface area contributed by atoms with Gasteiger partial charge in [0.05, 0.1) is 5.56 Å². The van der Waals surface area contributed by atoms with Gasteiger partial charge < -0.3 is 10.4 Å². The first-order valence-electron chi connectivity index (χ1n) is 8.51. The number of allylic oxidation sites excluding steroid dienone is 1. The summed E-state index contributed by atoms with van der Waals surface area (Å²) in [5.41, 5.74) is 4.54. The number of aryl methyl sites for hydroxylation is 1. The molecule has 0 bridgehead atoms. The number of aromatic carboxylic acids is 1. The third-order valence-electron chi connectivity index (χ3n) is 4.22. The summed E-state index contributed by atoms with van der Waals surface area (Å²) in [7, 11) is 0. The second kappa shape index (κ2) is 8.15. The second-order valence-electron chi connectivity index (χ2n) is 6.12. The summed E-state index contributed by atoms with van der Waals surface area (Å²) < 4.78 is 0. The summed E-state index contributed by atoms with van der Waals surface area (Å²) in [6.45, 7) is 1.81. The Morgan fingerprint density at radius 3 is 2.11 bits per heavy atom. The van der Waals surface area contributed by atoms with Gasteiger partial charge in [0.25, 0.3) is 0 Å². The highest BCUT2D eigenvalue weighted by Crippen LogP contribution is 2.20. The number of rotatable bonds is 6. The standard InChI is InChI=1S/C23H19NO3/c1-16-15-20(23(26)27)11-12-21(16)24-14-13-22(25)19-9-7-18(8-10-19)17-5-3-2-4-6-17/h2-15,24H,1H3,(H,26,27). The number of carboxylic acids is 1. The number of benzene rings is 3. The molecule has 0 radical (unpaired) electrons. The van der Waals surface area contributed by atoms with Crippen LogP contribution in [0.4, 0.5) is 5.69 Å². The van der Waals surface area contributed by atoms with E-state index >= 15 is 0 Å². The summed E-state index contributed by atoms with van der Waals surface area (Å²) in [6, 6.07) is 22.2. The summed E-state index contributed by atoms with van der Waals surface area (Å²) in [5, 5.41) is 12.0. The Morgan fingerprint density at radius 2 is 1.48 bits per heavy atom. The number of hydrogen-bond acceptors (Lipinski definition) is 3. The monoisotopic (exact) mass is 357 g/mol. The van der Waals surface area contributed by atoms with Gasteiger partial charge >= 0.3 is 5.97 Å². The Bertz CT molecular complexity index is 990. The molecule has 3 aromatic rings. The quantitative estimate of drug-likeness (QED) is 0.472. The van der Waals surface area contributed by atoms with Gasteiger partial charge in [0.1, 0.15) is 0 Å². The molecule has 4 nitrogen and oxygen atoms in total. The number of carboxylic acid groups (broad SMARTS) is 1. The van der Waals surface area contributed by atoms with Crippen molar-refractivity contribution in [1.82, 2.24) is 0 Å². The number of carbonyl (C=O) groups is 2. The van der Waals surface area contributed by atoms with Gasteiger partial charge in [0, 0.05) is 23.5 Å². The van der Waals surface area contributed by atoms with Gasteiger partial charge in [-0.15, -0.1) is 0 Å². The fraction of sp³-hybridized carbons (Fsp3) is 0.0435. The fourth-order valence-electron chi connectivity index (χ4n) is 2.72. The van der Waals surface area contributed by atoms with Gasteiger partial charge in [-0.2, -0.15) is 0 Å². The molecule has 0 atom stereocenters. The van der Waals surface area contributed by atoms with Crippen LogP contribution < -0.4 is 5.32 Å². The first-order valence-corrected chi connectivity index (χ1v) is 8.51. The summed E-state index contributed by atoms with van der Waals surface area (Å²) in [6.07, 6.45) is 3.03. The number of hydrogen-bond donors (Lipinski definition) is 2. The van der Waals surface area contributed by atoms with Crippen molar-refractivity contribution >= 4 is 17.4 Å². The zero-order valence-corrected chi connectivity index (χ0v) is 14.8. The Kier molecular flexibility index (Phi) is 5.47. The number of carbonyl (C=O) groups excluding carboxylic acids is 1. The van der Waals surface area contributed by atoms with Gasteiger partial charge in [0.15, 0.2) is 5.78 Å². The molecule has 3 rings (SSSR count). The third kappa shape index (κ3) is 4.50. The van der Waals surface area contributed by atoms with Crippen molar-refractivity contribution in [1.29, 1.82) is 0 Å². The molecule has 0 aromatic heterocycles. The lowest BCUT2D eigenvalue weighted by molar-refractivity contribution is 0.0696. The molecule has 27 heavy (non-hydrogen) atoms. The van der Waals surface area contributed by atoms with E-state index in [4.69, 9.17) is 5.11 Å². The molecule has 2 N–H and O–H groups in total. The van der Waals surface area contributed by atoms with Crippen molar-refractivity contribution < 1.29 is 14.7 Å². The summed E-state index contributed by atoms with van der Waals surface area (Å²) in [5.74, 6) is -1.07. The van der Waals surface area contributed by atoms with E-state index in [1.807, 2.05) is 61.5 Å². The van der Waals surface area contributed by atoms with Crippen LogP contribution in [0.3, 0.4) is 0 Å². The highest BCUT2D eigenvalue weighted by Gasteiger charge is 2.05. The molecule has 0 spiro atoms. The molecule has 4 heteroatoms. The van der Waals surface area contributed by atoms with E-state index in [1.165, 1.54) is 12.1 Å². The Morgan fingerprint density at radius 1 is 0.852 bits per heavy atom. The molecular weight excluding hydrogens is 338 g/mol. The van der Waals surface area contributed by atoms with Crippen LogP contribution in [0.5, 0.6) is 0 Å². The van der Waals surface area contributed by atoms with Gasteiger partial charge in [-0.25, -0.2) is 4.79 Å². The summed E-state index contributed by atoms with van der Waals surface area (Å²) >= 11 is 0. The molecule has 0 unspecified atom stereocenters. The SMILES string of the molecule is Cc1cc(C(=O)O)ccc1NC=CC(=O)c1ccc(-c2ccccc2)cc1. The predicted molar refractivity (Wildman–Crippen MR) is 107 cm³/mol. The molecule has 3 aromatic carbocycles. The van der Waals surface area contributed by atoms with Crippen LogP contribution in [-0.2, 0) is 0 Å². The van der Waals surface area contributed by atoms with Crippen LogP contribution in [0.1, 0.15) is 26.3 Å². The van der Waals surface area contributed by atoms with Crippen molar-refractivity contribution in [3.8, 4) is 11.1 Å². The minimum Gasteiger partial charge on any atom is -0.478 e. The molecule has 0 saturated carbocycles. The molecule has 0 fully saturated rings. The number of nitrogens with one attached hydrogen (secondary N) is 1. The van der Waals surface area contributed by atoms with E-state index in [9.17, 15) is 9.59 Å². The maximum Gasteiger partial charge on any atom is 0.335 e. The Labute approximate surface area is 157 Å². The van der Waals surface area contributed by atoms with Gasteiger partial charge in [-0.05, 0) is 41.8 Å². The normalized spacial score (nSPS) is 10.7. The van der Waals surface area contributed by atoms with Crippen LogP contribution in [0, 0.1) is 6.92 Å². The first kappa shape index (κ1) is 18.1. The second-order valence-corrected chi connectivity index (χ2v) is 6.12. The summed E-state index contributed by atoms with van der Waals surface area (Å²) in [4.78, 5) is 23.3. The van der Waals surface area contributed by atoms with E-state index in [0.717, 1.165) is 22.4 Å². The maximum atomic E-state index is 12.3. The van der Waals surface area contributed by atoms with E-state index < -0.39 is 5.97 Å². The fourth-order valence-corrected chi connectivity index (χ4v) is 2.72.